The minimum absolute atomic E-state index is 0.0898. The molecule has 3 N–H and O–H groups in total. The molecule has 0 saturated carbocycles. The average molecular weight is 533 g/mol. The van der Waals surface area contributed by atoms with Gasteiger partial charge in [-0.3, -0.25) is 15.3 Å². The number of nitrogens with one attached hydrogen (secondary N) is 2. The van der Waals surface area contributed by atoms with Gasteiger partial charge in [-0.2, -0.15) is 5.10 Å². The van der Waals surface area contributed by atoms with Crippen LogP contribution < -0.4 is 5.32 Å². The van der Waals surface area contributed by atoms with Crippen molar-refractivity contribution < 1.29 is 22.7 Å². The van der Waals surface area contributed by atoms with Crippen molar-refractivity contribution in [2.24, 2.45) is 0 Å². The highest BCUT2D eigenvalue weighted by atomic mass is 32.2. The zero-order valence-corrected chi connectivity index (χ0v) is 22.2. The zero-order valence-electron chi connectivity index (χ0n) is 21.4. The second kappa shape index (κ2) is 11.2. The highest BCUT2D eigenvalue weighted by Gasteiger charge is 2.28. The number of aromatic nitrogens is 2. The Bertz CT molecular complexity index is 1270. The minimum Gasteiger partial charge on any atom is -0.501 e. The number of aliphatic hydroxyl groups is 1. The Balaban J connectivity index is 1.24. The summed E-state index contributed by atoms with van der Waals surface area (Å²) in [6, 6.07) is 5.85. The SMILES string of the molecule is COC1=C(CN2CCC[C@@H](NC(O)c3ccc4n[nH]c(C5CCS(=O)(=O)CC5)c4c3)C2)CC(F)=CCC1. The van der Waals surface area contributed by atoms with E-state index in [1.807, 2.05) is 18.2 Å². The lowest BCUT2D eigenvalue weighted by Gasteiger charge is -2.35. The maximum absolute atomic E-state index is 14.1. The van der Waals surface area contributed by atoms with Gasteiger partial charge in [0.25, 0.3) is 0 Å². The molecule has 2 atom stereocenters. The van der Waals surface area contributed by atoms with Crippen molar-refractivity contribution >= 4 is 20.7 Å². The highest BCUT2D eigenvalue weighted by molar-refractivity contribution is 7.91. The number of H-pyrrole nitrogens is 1. The normalized spacial score (nSPS) is 24.6. The Labute approximate surface area is 217 Å². The van der Waals surface area contributed by atoms with Crippen molar-refractivity contribution in [1.29, 1.82) is 0 Å². The first kappa shape index (κ1) is 26.3. The van der Waals surface area contributed by atoms with Gasteiger partial charge in [0.05, 0.1) is 29.9 Å². The number of hydrogen-bond donors (Lipinski definition) is 3. The minimum atomic E-state index is -2.94. The van der Waals surface area contributed by atoms with Gasteiger partial charge in [-0.05, 0) is 61.9 Å². The summed E-state index contributed by atoms with van der Waals surface area (Å²) in [4.78, 5) is 2.31. The molecule has 0 spiro atoms. The van der Waals surface area contributed by atoms with Crippen LogP contribution in [-0.2, 0) is 14.6 Å². The van der Waals surface area contributed by atoms with Crippen LogP contribution in [0.1, 0.15) is 68.3 Å². The molecule has 0 radical (unpaired) electrons. The van der Waals surface area contributed by atoms with E-state index in [2.05, 4.69) is 20.4 Å². The number of likely N-dealkylation sites (tertiary alicyclic amines) is 1. The maximum atomic E-state index is 14.1. The maximum Gasteiger partial charge on any atom is 0.150 e. The number of halogens is 1. The molecule has 10 heteroatoms. The van der Waals surface area contributed by atoms with E-state index in [4.69, 9.17) is 4.74 Å². The number of nitrogens with zero attached hydrogens (tertiary/aromatic N) is 2. The lowest BCUT2D eigenvalue weighted by Crippen LogP contribution is -2.47. The quantitative estimate of drug-likeness (QED) is 0.465. The fourth-order valence-electron chi connectivity index (χ4n) is 5.93. The Hall–Kier alpha value is -2.27. The Morgan fingerprint density at radius 1 is 1.30 bits per heavy atom. The van der Waals surface area contributed by atoms with Crippen LogP contribution in [0.3, 0.4) is 0 Å². The molecule has 0 amide bonds. The van der Waals surface area contributed by atoms with E-state index < -0.39 is 16.1 Å². The molecule has 2 aliphatic heterocycles. The third-order valence-electron chi connectivity index (χ3n) is 7.96. The number of hydrogen-bond acceptors (Lipinski definition) is 7. The summed E-state index contributed by atoms with van der Waals surface area (Å²) in [7, 11) is -1.28. The first-order valence-corrected chi connectivity index (χ1v) is 15.1. The molecule has 202 valence electrons. The molecule has 3 heterocycles. The fourth-order valence-corrected chi connectivity index (χ4v) is 7.43. The summed E-state index contributed by atoms with van der Waals surface area (Å²) in [6.45, 7) is 2.36. The number of piperidine rings is 1. The van der Waals surface area contributed by atoms with Gasteiger partial charge in [-0.1, -0.05) is 12.1 Å². The van der Waals surface area contributed by atoms with Crippen molar-refractivity contribution in [3.05, 3.63) is 52.7 Å². The summed E-state index contributed by atoms with van der Waals surface area (Å²) in [5.41, 5.74) is 3.53. The third-order valence-corrected chi connectivity index (χ3v) is 9.68. The topological polar surface area (TPSA) is 108 Å². The number of aliphatic hydroxyl groups excluding tert-OH is 1. The predicted octanol–water partition coefficient (Wildman–Crippen LogP) is 3.84. The second-order valence-corrected chi connectivity index (χ2v) is 12.9. The van der Waals surface area contributed by atoms with Crippen molar-refractivity contribution in [2.45, 2.75) is 63.1 Å². The van der Waals surface area contributed by atoms with Crippen LogP contribution in [0, 0.1) is 0 Å². The van der Waals surface area contributed by atoms with Gasteiger partial charge in [0.15, 0.2) is 0 Å². The van der Waals surface area contributed by atoms with Crippen LogP contribution in [0.5, 0.6) is 0 Å². The Kier molecular flexibility index (Phi) is 7.99. The first-order valence-electron chi connectivity index (χ1n) is 13.3. The summed E-state index contributed by atoms with van der Waals surface area (Å²) in [6.07, 6.45) is 5.63. The number of allylic oxidation sites excluding steroid dienone is 3. The average Bonchev–Trinajstić information content (AvgIpc) is 3.21. The molecule has 1 aromatic carbocycles. The zero-order chi connectivity index (χ0) is 26.0. The monoisotopic (exact) mass is 532 g/mol. The molecular formula is C27H37FN4O4S. The highest BCUT2D eigenvalue weighted by Crippen LogP contribution is 2.33. The fraction of sp³-hybridized carbons (Fsp3) is 0.593. The summed E-state index contributed by atoms with van der Waals surface area (Å²) in [5.74, 6) is 1.32. The molecule has 1 unspecified atom stereocenters. The summed E-state index contributed by atoms with van der Waals surface area (Å²) >= 11 is 0. The second-order valence-electron chi connectivity index (χ2n) is 10.6. The van der Waals surface area contributed by atoms with E-state index in [-0.39, 0.29) is 29.3 Å². The van der Waals surface area contributed by atoms with Gasteiger partial charge in [-0.25, -0.2) is 12.8 Å². The van der Waals surface area contributed by atoms with Crippen molar-refractivity contribution in [3.8, 4) is 0 Å². The molecule has 0 bridgehead atoms. The number of benzene rings is 1. The van der Waals surface area contributed by atoms with E-state index in [0.717, 1.165) is 65.8 Å². The van der Waals surface area contributed by atoms with Gasteiger partial charge >= 0.3 is 0 Å². The van der Waals surface area contributed by atoms with E-state index in [1.165, 1.54) is 0 Å². The van der Waals surface area contributed by atoms with Gasteiger partial charge < -0.3 is 9.84 Å². The molecule has 3 aliphatic rings. The lowest BCUT2D eigenvalue weighted by molar-refractivity contribution is 0.0957. The van der Waals surface area contributed by atoms with Gasteiger partial charge in [0, 0.05) is 49.0 Å². The Morgan fingerprint density at radius 3 is 2.89 bits per heavy atom. The van der Waals surface area contributed by atoms with Crippen LogP contribution >= 0.6 is 0 Å². The summed E-state index contributed by atoms with van der Waals surface area (Å²) in [5, 5.41) is 22.9. The predicted molar refractivity (Wildman–Crippen MR) is 141 cm³/mol. The Morgan fingerprint density at radius 2 is 2.11 bits per heavy atom. The number of fused-ring (bicyclic) bond motifs is 1. The van der Waals surface area contributed by atoms with Crippen LogP contribution in [0.4, 0.5) is 4.39 Å². The van der Waals surface area contributed by atoms with E-state index in [1.54, 1.807) is 13.2 Å². The van der Waals surface area contributed by atoms with Gasteiger partial charge in [-0.15, -0.1) is 0 Å². The standard InChI is InChI=1S/C27H37FN4O4S/c1-36-25-6-2-4-21(28)14-20(25)16-32-11-3-5-22(17-32)29-27(33)19-7-8-24-23(15-19)26(31-30-24)18-9-12-37(34,35)13-10-18/h4,7-8,15,18,22,27,29,33H,2-3,5-6,9-14,16-17H2,1H3,(H,30,31)/t22-,27?/m1/s1. The van der Waals surface area contributed by atoms with Gasteiger partial charge in [0.1, 0.15) is 21.9 Å². The van der Waals surface area contributed by atoms with E-state index >= 15 is 0 Å². The van der Waals surface area contributed by atoms with Crippen molar-refractivity contribution in [3.63, 3.8) is 0 Å². The number of ether oxygens (including phenoxy) is 1. The molecule has 2 fully saturated rings. The van der Waals surface area contributed by atoms with Crippen molar-refractivity contribution in [1.82, 2.24) is 20.4 Å². The molecular weight excluding hydrogens is 495 g/mol. The molecule has 37 heavy (non-hydrogen) atoms. The number of methoxy groups -OCH3 is 1. The van der Waals surface area contributed by atoms with E-state index in [9.17, 15) is 17.9 Å². The third kappa shape index (κ3) is 6.25. The number of rotatable bonds is 7. The first-order chi connectivity index (χ1) is 17.8. The van der Waals surface area contributed by atoms with Crippen LogP contribution in [0.15, 0.2) is 41.4 Å². The smallest absolute Gasteiger partial charge is 0.150 e. The molecule has 2 aromatic rings. The van der Waals surface area contributed by atoms with Crippen LogP contribution in [-0.4, -0.2) is 72.9 Å². The van der Waals surface area contributed by atoms with Crippen LogP contribution in [0.25, 0.3) is 10.9 Å². The largest absolute Gasteiger partial charge is 0.501 e. The number of aromatic amines is 1. The lowest BCUT2D eigenvalue weighted by atomic mass is 9.95. The van der Waals surface area contributed by atoms with Gasteiger partial charge in [0.2, 0.25) is 0 Å². The molecule has 8 nitrogen and oxygen atoms in total. The molecule has 1 aromatic heterocycles. The molecule has 2 saturated heterocycles. The van der Waals surface area contributed by atoms with E-state index in [0.29, 0.717) is 32.2 Å². The van der Waals surface area contributed by atoms with Crippen molar-refractivity contribution in [2.75, 3.05) is 38.2 Å². The molecule has 5 rings (SSSR count). The number of sulfone groups is 1. The summed E-state index contributed by atoms with van der Waals surface area (Å²) < 4.78 is 43.4. The molecule has 1 aliphatic carbocycles. The van der Waals surface area contributed by atoms with Crippen LogP contribution in [0.2, 0.25) is 0 Å².